The van der Waals surface area contributed by atoms with E-state index in [1.807, 2.05) is 0 Å². The Bertz CT molecular complexity index is 384. The van der Waals surface area contributed by atoms with E-state index in [9.17, 15) is 8.42 Å². The standard InChI is InChI=1S/C19H39NO2S/c1-4-5-6-7-8-9-10-11-12-13-14-23(21,22)20-16-18(2)15-19(3)17-20/h18-19H,4-17H2,1-3H3. The molecule has 4 heteroatoms. The molecule has 0 aromatic carbocycles. The zero-order chi connectivity index (χ0) is 17.1. The van der Waals surface area contributed by atoms with Crippen molar-refractivity contribution in [1.29, 1.82) is 0 Å². The van der Waals surface area contributed by atoms with Crippen LogP contribution in [0, 0.1) is 11.8 Å². The highest BCUT2D eigenvalue weighted by Gasteiger charge is 2.29. The highest BCUT2D eigenvalue weighted by atomic mass is 32.2. The van der Waals surface area contributed by atoms with Crippen molar-refractivity contribution in [2.24, 2.45) is 11.8 Å². The fourth-order valence-corrected chi connectivity index (χ4v) is 5.52. The van der Waals surface area contributed by atoms with Gasteiger partial charge in [0.1, 0.15) is 0 Å². The van der Waals surface area contributed by atoms with Crippen molar-refractivity contribution >= 4 is 10.0 Å². The van der Waals surface area contributed by atoms with Gasteiger partial charge in [-0.15, -0.1) is 0 Å². The molecule has 1 aliphatic heterocycles. The summed E-state index contributed by atoms with van der Waals surface area (Å²) in [6.07, 6.45) is 13.6. The van der Waals surface area contributed by atoms with Crippen molar-refractivity contribution in [3.8, 4) is 0 Å². The molecule has 1 fully saturated rings. The number of rotatable bonds is 12. The van der Waals surface area contributed by atoms with Crippen molar-refractivity contribution in [2.45, 2.75) is 91.4 Å². The third-order valence-corrected chi connectivity index (χ3v) is 6.87. The van der Waals surface area contributed by atoms with E-state index < -0.39 is 10.0 Å². The normalized spacial score (nSPS) is 23.3. The van der Waals surface area contributed by atoms with E-state index in [-0.39, 0.29) is 0 Å². The molecular formula is C19H39NO2S. The molecule has 0 amide bonds. The van der Waals surface area contributed by atoms with Crippen LogP contribution in [0.3, 0.4) is 0 Å². The van der Waals surface area contributed by atoms with Crippen LogP contribution in [0.5, 0.6) is 0 Å². The Morgan fingerprint density at radius 1 is 0.783 bits per heavy atom. The van der Waals surface area contributed by atoms with Crippen molar-refractivity contribution in [1.82, 2.24) is 4.31 Å². The van der Waals surface area contributed by atoms with E-state index in [1.165, 1.54) is 51.4 Å². The van der Waals surface area contributed by atoms with E-state index in [0.717, 1.165) is 32.4 Å². The van der Waals surface area contributed by atoms with E-state index >= 15 is 0 Å². The van der Waals surface area contributed by atoms with Crippen LogP contribution >= 0.6 is 0 Å². The summed E-state index contributed by atoms with van der Waals surface area (Å²) in [5, 5.41) is 0. The Morgan fingerprint density at radius 3 is 1.70 bits per heavy atom. The molecule has 138 valence electrons. The molecule has 0 aliphatic carbocycles. The molecule has 3 nitrogen and oxygen atoms in total. The first-order valence-corrected chi connectivity index (χ1v) is 11.5. The Labute approximate surface area is 145 Å². The number of hydrogen-bond acceptors (Lipinski definition) is 2. The maximum absolute atomic E-state index is 12.4. The van der Waals surface area contributed by atoms with Crippen LogP contribution in [0.25, 0.3) is 0 Å². The lowest BCUT2D eigenvalue weighted by atomic mass is 9.94. The minimum absolute atomic E-state index is 0.350. The molecule has 0 aromatic rings. The van der Waals surface area contributed by atoms with Gasteiger partial charge in [-0.05, 0) is 24.7 Å². The summed E-state index contributed by atoms with van der Waals surface area (Å²) in [6.45, 7) is 8.03. The topological polar surface area (TPSA) is 37.4 Å². The van der Waals surface area contributed by atoms with Crippen molar-refractivity contribution in [2.75, 3.05) is 18.8 Å². The first kappa shape index (κ1) is 21.0. The lowest BCUT2D eigenvalue weighted by Crippen LogP contribution is -2.43. The highest BCUT2D eigenvalue weighted by Crippen LogP contribution is 2.24. The van der Waals surface area contributed by atoms with Crippen LogP contribution in [-0.4, -0.2) is 31.6 Å². The largest absolute Gasteiger partial charge is 0.214 e. The van der Waals surface area contributed by atoms with Gasteiger partial charge < -0.3 is 0 Å². The Morgan fingerprint density at radius 2 is 1.22 bits per heavy atom. The summed E-state index contributed by atoms with van der Waals surface area (Å²) in [4.78, 5) is 0. The maximum Gasteiger partial charge on any atom is 0.214 e. The van der Waals surface area contributed by atoms with Crippen molar-refractivity contribution in [3.63, 3.8) is 0 Å². The minimum Gasteiger partial charge on any atom is -0.212 e. The number of unbranched alkanes of at least 4 members (excludes halogenated alkanes) is 9. The molecule has 0 spiro atoms. The predicted octanol–water partition coefficient (Wildman–Crippen LogP) is 5.22. The van der Waals surface area contributed by atoms with Crippen LogP contribution in [0.1, 0.15) is 91.4 Å². The van der Waals surface area contributed by atoms with Crippen LogP contribution in [0.2, 0.25) is 0 Å². The smallest absolute Gasteiger partial charge is 0.212 e. The van der Waals surface area contributed by atoms with Gasteiger partial charge in [-0.1, -0.05) is 78.6 Å². The van der Waals surface area contributed by atoms with Gasteiger partial charge in [-0.2, -0.15) is 0 Å². The van der Waals surface area contributed by atoms with Gasteiger partial charge in [0.25, 0.3) is 0 Å². The summed E-state index contributed by atoms with van der Waals surface area (Å²) >= 11 is 0. The Kier molecular flexibility index (Phi) is 10.4. The molecule has 1 saturated heterocycles. The average molecular weight is 346 g/mol. The number of nitrogens with zero attached hydrogens (tertiary/aromatic N) is 1. The maximum atomic E-state index is 12.4. The molecule has 0 saturated carbocycles. The fourth-order valence-electron chi connectivity index (χ4n) is 3.73. The molecule has 1 heterocycles. The fraction of sp³-hybridized carbons (Fsp3) is 1.00. The zero-order valence-electron chi connectivity index (χ0n) is 15.7. The van der Waals surface area contributed by atoms with Gasteiger partial charge in [0.05, 0.1) is 5.75 Å². The molecule has 0 N–H and O–H groups in total. The van der Waals surface area contributed by atoms with Crippen molar-refractivity contribution in [3.05, 3.63) is 0 Å². The SMILES string of the molecule is CCCCCCCCCCCCS(=O)(=O)N1CC(C)CC(C)C1. The molecule has 0 bridgehead atoms. The minimum atomic E-state index is -3.02. The molecule has 1 aliphatic rings. The van der Waals surface area contributed by atoms with E-state index in [4.69, 9.17) is 0 Å². The van der Waals surface area contributed by atoms with Gasteiger partial charge in [0.2, 0.25) is 10.0 Å². The summed E-state index contributed by atoms with van der Waals surface area (Å²) in [5.74, 6) is 1.35. The van der Waals surface area contributed by atoms with Gasteiger partial charge >= 0.3 is 0 Å². The highest BCUT2D eigenvalue weighted by molar-refractivity contribution is 7.89. The van der Waals surface area contributed by atoms with E-state index in [0.29, 0.717) is 17.6 Å². The lowest BCUT2D eigenvalue weighted by molar-refractivity contribution is 0.222. The molecule has 1 rings (SSSR count). The second kappa shape index (κ2) is 11.5. The number of hydrogen-bond donors (Lipinski definition) is 0. The lowest BCUT2D eigenvalue weighted by Gasteiger charge is -2.34. The van der Waals surface area contributed by atoms with Crippen molar-refractivity contribution < 1.29 is 8.42 Å². The molecule has 2 unspecified atom stereocenters. The summed E-state index contributed by atoms with van der Waals surface area (Å²) in [5.41, 5.74) is 0. The van der Waals surface area contributed by atoms with Gasteiger partial charge in [0, 0.05) is 13.1 Å². The number of sulfonamides is 1. The molecule has 23 heavy (non-hydrogen) atoms. The second-order valence-electron chi connectivity index (χ2n) is 7.76. The molecule has 0 aromatic heterocycles. The quantitative estimate of drug-likeness (QED) is 0.455. The van der Waals surface area contributed by atoms with Gasteiger partial charge in [-0.3, -0.25) is 0 Å². The third-order valence-electron chi connectivity index (χ3n) is 4.98. The molecular weight excluding hydrogens is 306 g/mol. The molecule has 2 atom stereocenters. The Hall–Kier alpha value is -0.0900. The monoisotopic (exact) mass is 345 g/mol. The van der Waals surface area contributed by atoms with Crippen LogP contribution in [-0.2, 0) is 10.0 Å². The molecule has 0 radical (unpaired) electrons. The van der Waals surface area contributed by atoms with E-state index in [1.54, 1.807) is 4.31 Å². The predicted molar refractivity (Wildman–Crippen MR) is 100 cm³/mol. The zero-order valence-corrected chi connectivity index (χ0v) is 16.5. The Balaban J connectivity index is 2.08. The van der Waals surface area contributed by atoms with Crippen LogP contribution < -0.4 is 0 Å². The van der Waals surface area contributed by atoms with E-state index in [2.05, 4.69) is 20.8 Å². The summed E-state index contributed by atoms with van der Waals surface area (Å²) in [7, 11) is -3.02. The van der Waals surface area contributed by atoms with Gasteiger partial charge in [0.15, 0.2) is 0 Å². The first-order valence-electron chi connectivity index (χ1n) is 9.93. The summed E-state index contributed by atoms with van der Waals surface area (Å²) in [6, 6.07) is 0. The number of piperidine rings is 1. The van der Waals surface area contributed by atoms with Crippen LogP contribution in [0.4, 0.5) is 0 Å². The second-order valence-corrected chi connectivity index (χ2v) is 9.85. The van der Waals surface area contributed by atoms with Gasteiger partial charge in [-0.25, -0.2) is 12.7 Å². The summed E-state index contributed by atoms with van der Waals surface area (Å²) < 4.78 is 26.6. The average Bonchev–Trinajstić information content (AvgIpc) is 2.48. The van der Waals surface area contributed by atoms with Crippen LogP contribution in [0.15, 0.2) is 0 Å². The third kappa shape index (κ3) is 9.09. The first-order chi connectivity index (χ1) is 11.0.